The second-order valence-electron chi connectivity index (χ2n) is 6.28. The van der Waals surface area contributed by atoms with Crippen LogP contribution in [0.15, 0.2) is 72.8 Å². The number of ketones is 1. The van der Waals surface area contributed by atoms with Gasteiger partial charge in [-0.05, 0) is 45.8 Å². The van der Waals surface area contributed by atoms with Gasteiger partial charge in [-0.1, -0.05) is 48.5 Å². The van der Waals surface area contributed by atoms with E-state index in [-0.39, 0.29) is 11.3 Å². The lowest BCUT2D eigenvalue weighted by Crippen LogP contribution is -2.06. The molecule has 0 unspecified atom stereocenters. The van der Waals surface area contributed by atoms with Gasteiger partial charge in [0.1, 0.15) is 0 Å². The minimum absolute atomic E-state index is 0.0495. The molecule has 0 aliphatic rings. The minimum Gasteiger partial charge on any atom is -0.478 e. The van der Waals surface area contributed by atoms with Crippen LogP contribution < -0.4 is 0 Å². The van der Waals surface area contributed by atoms with Crippen LogP contribution in [0.2, 0.25) is 0 Å². The fourth-order valence-electron chi connectivity index (χ4n) is 3.35. The van der Waals surface area contributed by atoms with Crippen LogP contribution in [0.4, 0.5) is 0 Å². The van der Waals surface area contributed by atoms with E-state index in [4.69, 9.17) is 0 Å². The number of benzene rings is 4. The van der Waals surface area contributed by atoms with Gasteiger partial charge in [0.15, 0.2) is 12.1 Å². The van der Waals surface area contributed by atoms with Gasteiger partial charge in [-0.25, -0.2) is 4.79 Å². The Morgan fingerprint density at radius 1 is 0.741 bits per heavy atom. The molecule has 0 spiro atoms. The standard InChI is InChI=1S/C23H14O4/c24-13-18-11-16(9-14-5-1-3-7-19(14)18)22(25)21-12-17(23(26)27)10-15-6-2-4-8-20(15)21/h1-13H,(H,26,27). The monoisotopic (exact) mass is 354 g/mol. The number of carboxylic acids is 1. The van der Waals surface area contributed by atoms with Gasteiger partial charge in [0.2, 0.25) is 0 Å². The van der Waals surface area contributed by atoms with Crippen LogP contribution in [0.5, 0.6) is 0 Å². The molecule has 4 heteroatoms. The molecular formula is C23H14O4. The summed E-state index contributed by atoms with van der Waals surface area (Å²) in [5, 5.41) is 12.3. The molecule has 0 aliphatic carbocycles. The molecule has 4 aromatic rings. The van der Waals surface area contributed by atoms with E-state index in [1.54, 1.807) is 42.5 Å². The minimum atomic E-state index is -1.10. The molecule has 0 heterocycles. The van der Waals surface area contributed by atoms with Crippen molar-refractivity contribution in [2.75, 3.05) is 0 Å². The first-order valence-electron chi connectivity index (χ1n) is 8.37. The number of carbonyl (C=O) groups is 3. The average Bonchev–Trinajstić information content (AvgIpc) is 2.71. The third-order valence-electron chi connectivity index (χ3n) is 4.64. The van der Waals surface area contributed by atoms with Crippen LogP contribution in [-0.2, 0) is 0 Å². The summed E-state index contributed by atoms with van der Waals surface area (Å²) in [5.74, 6) is -1.41. The lowest BCUT2D eigenvalue weighted by atomic mass is 9.92. The molecule has 0 atom stereocenters. The SMILES string of the molecule is O=Cc1cc(C(=O)c2cc(C(=O)O)cc3ccccc23)cc2ccccc12. The van der Waals surface area contributed by atoms with E-state index in [1.165, 1.54) is 6.07 Å². The molecule has 0 amide bonds. The molecule has 0 aromatic heterocycles. The van der Waals surface area contributed by atoms with Gasteiger partial charge in [0.05, 0.1) is 5.56 Å². The number of rotatable bonds is 4. The second-order valence-corrected chi connectivity index (χ2v) is 6.28. The van der Waals surface area contributed by atoms with Gasteiger partial charge in [-0.2, -0.15) is 0 Å². The van der Waals surface area contributed by atoms with E-state index >= 15 is 0 Å². The van der Waals surface area contributed by atoms with Crippen molar-refractivity contribution in [3.8, 4) is 0 Å². The number of aldehydes is 1. The fraction of sp³-hybridized carbons (Fsp3) is 0. The summed E-state index contributed by atoms with van der Waals surface area (Å²) in [6.45, 7) is 0. The van der Waals surface area contributed by atoms with Crippen molar-refractivity contribution >= 4 is 39.6 Å². The Morgan fingerprint density at radius 3 is 2.00 bits per heavy atom. The molecule has 130 valence electrons. The van der Waals surface area contributed by atoms with E-state index in [9.17, 15) is 19.5 Å². The molecule has 4 aromatic carbocycles. The molecule has 0 saturated heterocycles. The number of hydrogen-bond acceptors (Lipinski definition) is 3. The van der Waals surface area contributed by atoms with Crippen molar-refractivity contribution in [2.45, 2.75) is 0 Å². The maximum Gasteiger partial charge on any atom is 0.335 e. The highest BCUT2D eigenvalue weighted by atomic mass is 16.4. The normalized spacial score (nSPS) is 10.8. The summed E-state index contributed by atoms with van der Waals surface area (Å²) in [7, 11) is 0. The number of carboxylic acid groups (broad SMARTS) is 1. The van der Waals surface area contributed by atoms with E-state index < -0.39 is 5.97 Å². The van der Waals surface area contributed by atoms with Crippen LogP contribution in [0.1, 0.15) is 36.6 Å². The molecule has 0 fully saturated rings. The summed E-state index contributed by atoms with van der Waals surface area (Å²) < 4.78 is 0. The summed E-state index contributed by atoms with van der Waals surface area (Å²) in [6.07, 6.45) is 0.727. The highest BCUT2D eigenvalue weighted by Gasteiger charge is 2.17. The van der Waals surface area contributed by atoms with Crippen LogP contribution in [0.3, 0.4) is 0 Å². The summed E-state index contributed by atoms with van der Waals surface area (Å²) in [5.41, 5.74) is 1.13. The summed E-state index contributed by atoms with van der Waals surface area (Å²) in [6, 6.07) is 20.7. The molecule has 0 saturated carbocycles. The lowest BCUT2D eigenvalue weighted by Gasteiger charge is -2.10. The predicted octanol–water partition coefficient (Wildman–Crippen LogP) is 4.73. The maximum absolute atomic E-state index is 13.2. The van der Waals surface area contributed by atoms with Gasteiger partial charge in [-0.3, -0.25) is 9.59 Å². The molecule has 27 heavy (non-hydrogen) atoms. The molecular weight excluding hydrogens is 340 g/mol. The Balaban J connectivity index is 1.97. The average molecular weight is 354 g/mol. The third-order valence-corrected chi connectivity index (χ3v) is 4.64. The molecule has 0 aliphatic heterocycles. The van der Waals surface area contributed by atoms with E-state index in [1.807, 2.05) is 24.3 Å². The molecule has 1 N–H and O–H groups in total. The molecule has 0 bridgehead atoms. The molecule has 4 rings (SSSR count). The van der Waals surface area contributed by atoms with Gasteiger partial charge < -0.3 is 5.11 Å². The van der Waals surface area contributed by atoms with Crippen molar-refractivity contribution in [2.24, 2.45) is 0 Å². The molecule has 0 radical (unpaired) electrons. The van der Waals surface area contributed by atoms with Gasteiger partial charge >= 0.3 is 5.97 Å². The van der Waals surface area contributed by atoms with Crippen LogP contribution in [0, 0.1) is 0 Å². The Hall–Kier alpha value is -3.79. The smallest absolute Gasteiger partial charge is 0.335 e. The maximum atomic E-state index is 13.2. The van der Waals surface area contributed by atoms with Gasteiger partial charge in [0, 0.05) is 16.7 Å². The number of fused-ring (bicyclic) bond motifs is 2. The van der Waals surface area contributed by atoms with Crippen molar-refractivity contribution < 1.29 is 19.5 Å². The zero-order chi connectivity index (χ0) is 19.0. The van der Waals surface area contributed by atoms with Crippen molar-refractivity contribution in [3.05, 3.63) is 95.1 Å². The van der Waals surface area contributed by atoms with E-state index in [0.29, 0.717) is 27.5 Å². The highest BCUT2D eigenvalue weighted by molar-refractivity contribution is 6.19. The van der Waals surface area contributed by atoms with Crippen LogP contribution in [-0.4, -0.2) is 23.1 Å². The lowest BCUT2D eigenvalue weighted by molar-refractivity contribution is 0.0697. The fourth-order valence-corrected chi connectivity index (χ4v) is 3.35. The zero-order valence-electron chi connectivity index (χ0n) is 14.2. The third kappa shape index (κ3) is 2.87. The first-order chi connectivity index (χ1) is 13.1. The van der Waals surface area contributed by atoms with E-state index in [0.717, 1.165) is 17.1 Å². The Kier molecular flexibility index (Phi) is 4.01. The summed E-state index contributed by atoms with van der Waals surface area (Å²) in [4.78, 5) is 36.2. The first kappa shape index (κ1) is 16.7. The van der Waals surface area contributed by atoms with E-state index in [2.05, 4.69) is 0 Å². The van der Waals surface area contributed by atoms with Crippen molar-refractivity contribution in [1.29, 1.82) is 0 Å². The van der Waals surface area contributed by atoms with Gasteiger partial charge in [0.25, 0.3) is 0 Å². The van der Waals surface area contributed by atoms with Gasteiger partial charge in [-0.15, -0.1) is 0 Å². The Morgan fingerprint density at radius 2 is 1.33 bits per heavy atom. The quantitative estimate of drug-likeness (QED) is 0.425. The highest BCUT2D eigenvalue weighted by Crippen LogP contribution is 2.26. The largest absolute Gasteiger partial charge is 0.478 e. The van der Waals surface area contributed by atoms with Crippen molar-refractivity contribution in [3.63, 3.8) is 0 Å². The molecule has 4 nitrogen and oxygen atoms in total. The predicted molar refractivity (Wildman–Crippen MR) is 104 cm³/mol. The summed E-state index contributed by atoms with van der Waals surface area (Å²) >= 11 is 0. The van der Waals surface area contributed by atoms with Crippen LogP contribution >= 0.6 is 0 Å². The van der Waals surface area contributed by atoms with Crippen LogP contribution in [0.25, 0.3) is 21.5 Å². The first-order valence-corrected chi connectivity index (χ1v) is 8.37. The Labute approximate surface area is 154 Å². The number of aromatic carboxylic acids is 1. The zero-order valence-corrected chi connectivity index (χ0v) is 14.2. The topological polar surface area (TPSA) is 71.4 Å². The second kappa shape index (κ2) is 6.50. The number of hydrogen-bond donors (Lipinski definition) is 1. The van der Waals surface area contributed by atoms with Crippen molar-refractivity contribution in [1.82, 2.24) is 0 Å². The Bertz CT molecular complexity index is 1240. The number of carbonyl (C=O) groups excluding carboxylic acids is 2.